The lowest BCUT2D eigenvalue weighted by atomic mass is 9.90. The highest BCUT2D eigenvalue weighted by molar-refractivity contribution is 5.82. The van der Waals surface area contributed by atoms with Gasteiger partial charge in [0, 0.05) is 17.5 Å². The topological polar surface area (TPSA) is 187 Å². The first-order chi connectivity index (χ1) is 14.1. The van der Waals surface area contributed by atoms with Crippen LogP contribution in [0.3, 0.4) is 0 Å². The zero-order chi connectivity index (χ0) is 22.2. The second-order valence-electron chi connectivity index (χ2n) is 7.15. The number of aliphatic hydroxyl groups excluding tert-OH is 5. The molecule has 6 atom stereocenters. The summed E-state index contributed by atoms with van der Waals surface area (Å²) in [5.74, 6) is -4.30. The summed E-state index contributed by atoms with van der Waals surface area (Å²) in [7, 11) is 0. The van der Waals surface area contributed by atoms with Crippen molar-refractivity contribution in [1.29, 1.82) is 0 Å². The van der Waals surface area contributed by atoms with Crippen LogP contribution in [0.5, 0.6) is 5.75 Å². The number of hydrogen-bond acceptors (Lipinski definition) is 10. The first-order valence-electron chi connectivity index (χ1n) is 9.06. The van der Waals surface area contributed by atoms with Crippen LogP contribution in [0.2, 0.25) is 0 Å². The highest BCUT2D eigenvalue weighted by Crippen LogP contribution is 2.35. The van der Waals surface area contributed by atoms with Crippen LogP contribution in [0.25, 0.3) is 11.0 Å². The SMILES string of the molecule is Cc1cc(=O)oc2cc(OC3(C(=O)O)CC(O)C(O)C(C(O)C(O)CO)O3)ccc12. The fourth-order valence-corrected chi connectivity index (χ4v) is 3.36. The smallest absolute Gasteiger partial charge is 0.377 e. The molecule has 6 N–H and O–H groups in total. The van der Waals surface area contributed by atoms with Crippen LogP contribution >= 0.6 is 0 Å². The molecule has 164 valence electrons. The van der Waals surface area contributed by atoms with Crippen molar-refractivity contribution in [3.8, 4) is 5.75 Å². The lowest BCUT2D eigenvalue weighted by molar-refractivity contribution is -0.303. The van der Waals surface area contributed by atoms with Gasteiger partial charge in [-0.15, -0.1) is 0 Å². The van der Waals surface area contributed by atoms with Crippen LogP contribution in [0, 0.1) is 6.92 Å². The van der Waals surface area contributed by atoms with Crippen molar-refractivity contribution >= 4 is 16.9 Å². The van der Waals surface area contributed by atoms with Gasteiger partial charge in [0.15, 0.2) is 0 Å². The fourth-order valence-electron chi connectivity index (χ4n) is 3.36. The highest BCUT2D eigenvalue weighted by Gasteiger charge is 2.56. The minimum Gasteiger partial charge on any atom is -0.476 e. The Morgan fingerprint density at radius 3 is 2.63 bits per heavy atom. The molecule has 0 bridgehead atoms. The maximum Gasteiger partial charge on any atom is 0.377 e. The van der Waals surface area contributed by atoms with E-state index in [1.165, 1.54) is 24.3 Å². The van der Waals surface area contributed by atoms with Gasteiger partial charge in [-0.25, -0.2) is 9.59 Å². The second kappa shape index (κ2) is 8.30. The fraction of sp³-hybridized carbons (Fsp3) is 0.474. The molecule has 0 amide bonds. The predicted octanol–water partition coefficient (Wildman–Crippen LogP) is -1.51. The maximum absolute atomic E-state index is 12.0. The second-order valence-corrected chi connectivity index (χ2v) is 7.15. The van der Waals surface area contributed by atoms with Crippen molar-refractivity contribution < 1.29 is 49.3 Å². The molecule has 11 nitrogen and oxygen atoms in total. The number of hydrogen-bond donors (Lipinski definition) is 6. The van der Waals surface area contributed by atoms with Crippen LogP contribution in [0.1, 0.15) is 12.0 Å². The zero-order valence-corrected chi connectivity index (χ0v) is 15.8. The summed E-state index contributed by atoms with van der Waals surface area (Å²) in [6, 6.07) is 5.49. The van der Waals surface area contributed by atoms with E-state index in [9.17, 15) is 35.1 Å². The Hall–Kier alpha value is -2.54. The van der Waals surface area contributed by atoms with Gasteiger partial charge in [0.2, 0.25) is 0 Å². The maximum atomic E-state index is 12.0. The van der Waals surface area contributed by atoms with Gasteiger partial charge in [0.1, 0.15) is 35.7 Å². The van der Waals surface area contributed by atoms with E-state index in [1.54, 1.807) is 6.92 Å². The van der Waals surface area contributed by atoms with Gasteiger partial charge < -0.3 is 44.5 Å². The van der Waals surface area contributed by atoms with E-state index in [0.29, 0.717) is 10.9 Å². The van der Waals surface area contributed by atoms with Gasteiger partial charge >= 0.3 is 17.4 Å². The molecule has 1 aliphatic rings. The molecule has 0 radical (unpaired) electrons. The van der Waals surface area contributed by atoms with Gasteiger partial charge in [0.05, 0.1) is 19.1 Å². The molecule has 2 aromatic rings. The Morgan fingerprint density at radius 2 is 2.00 bits per heavy atom. The van der Waals surface area contributed by atoms with E-state index in [4.69, 9.17) is 19.0 Å². The summed E-state index contributed by atoms with van der Waals surface area (Å²) in [4.78, 5) is 23.6. The quantitative estimate of drug-likeness (QED) is 0.295. The van der Waals surface area contributed by atoms with E-state index < -0.39 is 60.9 Å². The number of benzene rings is 1. The normalized spacial score (nSPS) is 28.8. The Labute approximate surface area is 169 Å². The third-order valence-electron chi connectivity index (χ3n) is 4.98. The highest BCUT2D eigenvalue weighted by atomic mass is 16.7. The Morgan fingerprint density at radius 1 is 1.30 bits per heavy atom. The predicted molar refractivity (Wildman–Crippen MR) is 98.8 cm³/mol. The van der Waals surface area contributed by atoms with Gasteiger partial charge in [0.25, 0.3) is 0 Å². The first kappa shape index (κ1) is 22.2. The first-order valence-corrected chi connectivity index (χ1v) is 9.06. The Kier molecular flexibility index (Phi) is 6.13. The number of aliphatic carboxylic acids is 1. The number of rotatable bonds is 6. The number of ether oxygens (including phenoxy) is 2. The van der Waals surface area contributed by atoms with Crippen LogP contribution in [0.15, 0.2) is 33.5 Å². The molecule has 0 aliphatic carbocycles. The lowest BCUT2D eigenvalue weighted by Crippen LogP contribution is -2.65. The van der Waals surface area contributed by atoms with Crippen molar-refractivity contribution in [2.75, 3.05) is 6.61 Å². The molecular weight excluding hydrogens is 404 g/mol. The number of carboxylic acid groups (broad SMARTS) is 1. The minimum absolute atomic E-state index is 0.0850. The van der Waals surface area contributed by atoms with Crippen LogP contribution in [0.4, 0.5) is 0 Å². The van der Waals surface area contributed by atoms with E-state index in [1.807, 2.05) is 0 Å². The number of aryl methyl sites for hydroxylation is 1. The molecule has 11 heteroatoms. The van der Waals surface area contributed by atoms with E-state index >= 15 is 0 Å². The number of carbonyl (C=O) groups is 1. The molecule has 1 saturated heterocycles. The largest absolute Gasteiger partial charge is 0.476 e. The number of fused-ring (bicyclic) bond motifs is 1. The summed E-state index contributed by atoms with van der Waals surface area (Å²) in [6.45, 7) is 0.798. The molecule has 0 spiro atoms. The number of aliphatic hydroxyl groups is 5. The van der Waals surface area contributed by atoms with Crippen molar-refractivity contribution in [2.45, 2.75) is 49.7 Å². The molecule has 1 aromatic heterocycles. The van der Waals surface area contributed by atoms with Crippen molar-refractivity contribution in [1.82, 2.24) is 0 Å². The monoisotopic (exact) mass is 426 g/mol. The lowest BCUT2D eigenvalue weighted by Gasteiger charge is -2.44. The standard InChI is InChI=1S/C19H22O11/c1-8-4-14(23)28-13-5-9(2-3-10(8)13)29-19(18(26)27)6-11(21)15(24)17(30-19)16(25)12(22)7-20/h2-5,11-12,15-17,20-22,24-25H,6-7H2,1H3,(H,26,27). The summed E-state index contributed by atoms with van der Waals surface area (Å²) in [5, 5.41) is 59.4. The van der Waals surface area contributed by atoms with Gasteiger partial charge in [-0.3, -0.25) is 0 Å². The van der Waals surface area contributed by atoms with E-state index in [-0.39, 0.29) is 11.3 Å². The summed E-state index contributed by atoms with van der Waals surface area (Å²) < 4.78 is 15.9. The molecule has 0 saturated carbocycles. The van der Waals surface area contributed by atoms with Crippen LogP contribution < -0.4 is 10.4 Å². The summed E-state index contributed by atoms with van der Waals surface area (Å²) in [5.41, 5.74) is 0.148. The molecule has 3 rings (SSSR count). The van der Waals surface area contributed by atoms with Crippen LogP contribution in [-0.4, -0.2) is 79.5 Å². The molecule has 30 heavy (non-hydrogen) atoms. The van der Waals surface area contributed by atoms with E-state index in [0.717, 1.165) is 0 Å². The molecule has 1 aromatic carbocycles. The number of carboxylic acids is 1. The Bertz CT molecular complexity index is 986. The molecular formula is C19H22O11. The van der Waals surface area contributed by atoms with Gasteiger partial charge in [-0.05, 0) is 24.6 Å². The minimum atomic E-state index is -2.54. The van der Waals surface area contributed by atoms with Gasteiger partial charge in [-0.2, -0.15) is 0 Å². The third-order valence-corrected chi connectivity index (χ3v) is 4.98. The van der Waals surface area contributed by atoms with E-state index in [2.05, 4.69) is 0 Å². The average molecular weight is 426 g/mol. The van der Waals surface area contributed by atoms with Crippen LogP contribution in [-0.2, 0) is 9.53 Å². The zero-order valence-electron chi connectivity index (χ0n) is 15.8. The average Bonchev–Trinajstić information content (AvgIpc) is 2.68. The molecule has 1 fully saturated rings. The van der Waals surface area contributed by atoms with Gasteiger partial charge in [-0.1, -0.05) is 0 Å². The molecule has 6 unspecified atom stereocenters. The molecule has 2 heterocycles. The summed E-state index contributed by atoms with van der Waals surface area (Å²) >= 11 is 0. The summed E-state index contributed by atoms with van der Waals surface area (Å²) in [6.07, 6.45) is -9.63. The van der Waals surface area contributed by atoms with Crippen molar-refractivity contribution in [3.05, 3.63) is 40.2 Å². The third kappa shape index (κ3) is 4.03. The Balaban J connectivity index is 1.99. The molecule has 1 aliphatic heterocycles. The van der Waals surface area contributed by atoms with Crippen molar-refractivity contribution in [3.63, 3.8) is 0 Å². The van der Waals surface area contributed by atoms with Crippen molar-refractivity contribution in [2.24, 2.45) is 0 Å².